The van der Waals surface area contributed by atoms with Crippen LogP contribution >= 0.6 is 15.9 Å². The number of fused-ring (bicyclic) bond motifs is 20. The van der Waals surface area contributed by atoms with Gasteiger partial charge in [-0.25, -0.2) is 9.97 Å². The van der Waals surface area contributed by atoms with Crippen LogP contribution in [0.2, 0.25) is 0 Å². The van der Waals surface area contributed by atoms with Crippen molar-refractivity contribution in [3.63, 3.8) is 0 Å². The molecule has 17 rings (SSSR count). The summed E-state index contributed by atoms with van der Waals surface area (Å²) in [4.78, 5) is 10.0. The summed E-state index contributed by atoms with van der Waals surface area (Å²) in [5.41, 5.74) is 19.7. The Balaban J connectivity index is 0.000000119. The molecule has 1 fully saturated rings. The molecule has 12 heteroatoms. The highest BCUT2D eigenvalue weighted by atomic mass is 79.9. The summed E-state index contributed by atoms with van der Waals surface area (Å²) in [6, 6.07) is 82.0. The van der Waals surface area contributed by atoms with Gasteiger partial charge in [0.05, 0.1) is 56.5 Å². The van der Waals surface area contributed by atoms with E-state index in [1.165, 1.54) is 0 Å². The zero-order chi connectivity index (χ0) is 58.4. The van der Waals surface area contributed by atoms with Gasteiger partial charge in [0.15, 0.2) is 11.2 Å². The number of aromatic nitrogens is 4. The first-order valence-electron chi connectivity index (χ1n) is 28.4. The minimum absolute atomic E-state index is 0.394. The maximum absolute atomic E-state index is 9.08. The van der Waals surface area contributed by atoms with Gasteiger partial charge < -0.3 is 18.1 Å². The van der Waals surface area contributed by atoms with Gasteiger partial charge in [-0.05, 0) is 151 Å². The number of benzene rings is 10. The molecule has 0 saturated carbocycles. The van der Waals surface area contributed by atoms with Crippen LogP contribution in [0.4, 0.5) is 0 Å². The lowest BCUT2D eigenvalue weighted by Gasteiger charge is -2.32. The van der Waals surface area contributed by atoms with Crippen molar-refractivity contribution < 1.29 is 18.1 Å². The van der Waals surface area contributed by atoms with Crippen LogP contribution in [0, 0.1) is 22.7 Å². The number of imidazole rings is 2. The van der Waals surface area contributed by atoms with E-state index < -0.39 is 18.3 Å². The molecule has 0 unspecified atom stereocenters. The molecule has 0 radical (unpaired) electrons. The lowest BCUT2D eigenvalue weighted by molar-refractivity contribution is 0.00578. The fraction of sp³-hybridized carbons (Fsp3) is 0.0811. The fourth-order valence-corrected chi connectivity index (χ4v) is 12.2. The first kappa shape index (κ1) is 52.5. The largest absolute Gasteiger partial charge is 0.494 e. The Kier molecular flexibility index (Phi) is 12.5. The van der Waals surface area contributed by atoms with E-state index in [0.717, 1.165) is 142 Å². The summed E-state index contributed by atoms with van der Waals surface area (Å²) in [6.45, 7) is 8.30. The Hall–Kier alpha value is -10.3. The van der Waals surface area contributed by atoms with Gasteiger partial charge in [0.2, 0.25) is 0 Å². The summed E-state index contributed by atoms with van der Waals surface area (Å²) in [5.74, 6) is 0. The Bertz CT molecular complexity index is 5440. The maximum Gasteiger partial charge on any atom is 0.494 e. The number of pyridine rings is 2. The Morgan fingerprint density at radius 1 is 0.407 bits per heavy atom. The van der Waals surface area contributed by atoms with E-state index in [4.69, 9.17) is 38.6 Å². The summed E-state index contributed by atoms with van der Waals surface area (Å²) in [6.07, 6.45) is 0. The molecule has 6 aromatic heterocycles. The molecule has 1 saturated heterocycles. The standard InChI is InChI=1S/C34H19N3O.C27H23BN2O3.C13H8BrN/c35-20-21-9-11-22(12-10-21)23-13-15-24(16-14-23)25-17-18-31-28(19-25)32-33(38-31)26-5-1-2-6-27(26)34-36-29-7-3-4-8-30(29)37(32)34;1-26(2)27(3,4)33-28(32-26)16-13-14-22-19(15-16)23-24(31-22)17-9-5-6-10-18(17)25-29-20-11-7-8-12-21(20)30(23)25;14-13-7-5-12(6-8-13)11-3-1-10(9-15)2-4-11/h1-19H;5-15H,1-4H3;1-8H. The van der Waals surface area contributed by atoms with Gasteiger partial charge in [-0.2, -0.15) is 10.5 Å². The first-order chi connectivity index (χ1) is 41.9. The van der Waals surface area contributed by atoms with E-state index in [0.29, 0.717) is 11.1 Å². The molecule has 0 amide bonds. The van der Waals surface area contributed by atoms with E-state index in [9.17, 15) is 0 Å². The number of furan rings is 2. The number of rotatable bonds is 4. The van der Waals surface area contributed by atoms with Crippen molar-refractivity contribution in [2.45, 2.75) is 38.9 Å². The number of para-hydroxylation sites is 4. The smallest absolute Gasteiger partial charge is 0.454 e. The maximum atomic E-state index is 9.08. The number of nitriles is 2. The molecule has 1 aliphatic rings. The average molecular weight is 1180 g/mol. The molecule has 10 aromatic carbocycles. The predicted molar refractivity (Wildman–Crippen MR) is 351 cm³/mol. The van der Waals surface area contributed by atoms with Crippen molar-refractivity contribution in [2.75, 3.05) is 0 Å². The minimum atomic E-state index is -0.431. The SMILES string of the molecule is CC1(C)OB(c2ccc3oc4c5ccccc5c5nc6ccccc6n5c4c3c2)OC1(C)C.N#Cc1ccc(-c2ccc(-c3ccc4oc5c6ccccc6c6nc7ccccc7n6c5c4c3)cc2)cc1.N#Cc1ccc(-c2ccc(Br)cc2)cc1. The lowest BCUT2D eigenvalue weighted by Crippen LogP contribution is -2.41. The Morgan fingerprint density at radius 2 is 0.779 bits per heavy atom. The summed E-state index contributed by atoms with van der Waals surface area (Å²) >= 11 is 3.40. The van der Waals surface area contributed by atoms with E-state index in [1.807, 2.05) is 109 Å². The second kappa shape index (κ2) is 20.5. The van der Waals surface area contributed by atoms with Crippen molar-refractivity contribution in [3.8, 4) is 45.5 Å². The quantitative estimate of drug-likeness (QED) is 0.159. The zero-order valence-corrected chi connectivity index (χ0v) is 48.8. The van der Waals surface area contributed by atoms with Crippen molar-refractivity contribution in [2.24, 2.45) is 0 Å². The average Bonchev–Trinajstić information content (AvgIpc) is 1.58. The highest BCUT2D eigenvalue weighted by molar-refractivity contribution is 9.10. The second-order valence-corrected chi connectivity index (χ2v) is 23.6. The predicted octanol–water partition coefficient (Wildman–Crippen LogP) is 18.6. The van der Waals surface area contributed by atoms with Crippen LogP contribution in [0.15, 0.2) is 244 Å². The van der Waals surface area contributed by atoms with E-state index in [-0.39, 0.29) is 0 Å². The number of hydrogen-bond acceptors (Lipinski definition) is 8. The second-order valence-electron chi connectivity index (χ2n) is 22.7. The van der Waals surface area contributed by atoms with Crippen LogP contribution in [0.3, 0.4) is 0 Å². The van der Waals surface area contributed by atoms with Crippen LogP contribution in [-0.4, -0.2) is 37.1 Å². The van der Waals surface area contributed by atoms with Crippen molar-refractivity contribution in [1.29, 1.82) is 10.5 Å². The van der Waals surface area contributed by atoms with Crippen LogP contribution < -0.4 is 5.46 Å². The number of halogens is 1. The monoisotopic (exact) mass is 1180 g/mol. The molecule has 410 valence electrons. The van der Waals surface area contributed by atoms with Gasteiger partial charge in [-0.3, -0.25) is 8.80 Å². The molecule has 86 heavy (non-hydrogen) atoms. The van der Waals surface area contributed by atoms with Crippen LogP contribution in [-0.2, 0) is 9.31 Å². The topological polar surface area (TPSA) is 127 Å². The summed E-state index contributed by atoms with van der Waals surface area (Å²) in [5, 5.41) is 24.1. The third-order valence-corrected chi connectivity index (χ3v) is 17.6. The van der Waals surface area contributed by atoms with Crippen molar-refractivity contribution in [3.05, 3.63) is 246 Å². The third kappa shape index (κ3) is 8.76. The molecule has 0 bridgehead atoms. The van der Waals surface area contributed by atoms with E-state index in [1.54, 1.807) is 0 Å². The molecular weight excluding hydrogens is 1130 g/mol. The molecule has 0 aliphatic carbocycles. The molecule has 0 N–H and O–H groups in total. The van der Waals surface area contributed by atoms with Gasteiger partial charge in [-0.15, -0.1) is 0 Å². The molecule has 10 nitrogen and oxygen atoms in total. The molecule has 0 spiro atoms. The third-order valence-electron chi connectivity index (χ3n) is 17.0. The van der Waals surface area contributed by atoms with Crippen LogP contribution in [0.25, 0.3) is 132 Å². The summed E-state index contributed by atoms with van der Waals surface area (Å²) in [7, 11) is -0.431. The lowest BCUT2D eigenvalue weighted by atomic mass is 9.78. The van der Waals surface area contributed by atoms with Gasteiger partial charge in [0.1, 0.15) is 33.5 Å². The molecule has 0 atom stereocenters. The van der Waals surface area contributed by atoms with E-state index in [2.05, 4.69) is 186 Å². The van der Waals surface area contributed by atoms with Crippen LogP contribution in [0.5, 0.6) is 0 Å². The number of nitrogens with zero attached hydrogens (tertiary/aromatic N) is 6. The Morgan fingerprint density at radius 3 is 1.24 bits per heavy atom. The van der Waals surface area contributed by atoms with Crippen LogP contribution in [0.1, 0.15) is 38.8 Å². The highest BCUT2D eigenvalue weighted by Crippen LogP contribution is 2.42. The Labute approximate surface area is 502 Å². The van der Waals surface area contributed by atoms with Gasteiger partial charge in [0, 0.05) is 36.8 Å². The zero-order valence-electron chi connectivity index (χ0n) is 47.2. The number of hydrogen-bond donors (Lipinski definition) is 0. The van der Waals surface area contributed by atoms with Gasteiger partial charge in [-0.1, -0.05) is 162 Å². The molecule has 7 heterocycles. The fourth-order valence-electron chi connectivity index (χ4n) is 11.9. The molecule has 16 aromatic rings. The summed E-state index contributed by atoms with van der Waals surface area (Å²) < 4.78 is 31.2. The van der Waals surface area contributed by atoms with E-state index >= 15 is 0 Å². The molecule has 1 aliphatic heterocycles. The van der Waals surface area contributed by atoms with Crippen molar-refractivity contribution >= 4 is 128 Å². The minimum Gasteiger partial charge on any atom is -0.454 e. The normalized spacial score (nSPS) is 13.7. The van der Waals surface area contributed by atoms with Gasteiger partial charge >= 0.3 is 7.12 Å². The molecular formula is C74H50BBrN6O4. The first-order valence-corrected chi connectivity index (χ1v) is 29.2. The van der Waals surface area contributed by atoms with Crippen molar-refractivity contribution in [1.82, 2.24) is 18.8 Å². The van der Waals surface area contributed by atoms with Gasteiger partial charge in [0.25, 0.3) is 0 Å². The highest BCUT2D eigenvalue weighted by Gasteiger charge is 2.51.